The fourth-order valence-electron chi connectivity index (χ4n) is 1.74. The molecule has 0 saturated carbocycles. The Balaban J connectivity index is 2.97. The second-order valence-electron chi connectivity index (χ2n) is 4.93. The molecule has 4 heteroatoms. The number of hydrogen-bond acceptors (Lipinski definition) is 2. The lowest BCUT2D eigenvalue weighted by Crippen LogP contribution is -2.32. The zero-order valence-corrected chi connectivity index (χ0v) is 13.1. The Morgan fingerprint density at radius 2 is 1.90 bits per heavy atom. The summed E-state index contributed by atoms with van der Waals surface area (Å²) in [6, 6.07) is 6.82. The van der Waals surface area contributed by atoms with Crippen LogP contribution >= 0.6 is 0 Å². The third-order valence-corrected chi connectivity index (χ3v) is 4.72. The van der Waals surface area contributed by atoms with E-state index in [0.29, 0.717) is 13.0 Å². The number of sulfonamides is 1. The largest absolute Gasteiger partial charge is 0.243 e. The third kappa shape index (κ3) is 4.52. The van der Waals surface area contributed by atoms with Crippen molar-refractivity contribution in [3.63, 3.8) is 0 Å². The maximum atomic E-state index is 12.5. The van der Waals surface area contributed by atoms with Crippen molar-refractivity contribution in [1.82, 2.24) is 4.31 Å². The van der Waals surface area contributed by atoms with Gasteiger partial charge in [-0.2, -0.15) is 4.31 Å². The Morgan fingerprint density at radius 1 is 1.30 bits per heavy atom. The molecule has 1 aromatic rings. The van der Waals surface area contributed by atoms with E-state index in [9.17, 15) is 8.42 Å². The molecule has 1 aromatic carbocycles. The van der Waals surface area contributed by atoms with Crippen molar-refractivity contribution in [2.75, 3.05) is 13.1 Å². The molecule has 0 bridgehead atoms. The number of benzene rings is 1. The first-order valence-corrected chi connectivity index (χ1v) is 7.95. The summed E-state index contributed by atoms with van der Waals surface area (Å²) in [4.78, 5) is 0.288. The molecule has 108 valence electrons. The van der Waals surface area contributed by atoms with E-state index < -0.39 is 10.0 Å². The van der Waals surface area contributed by atoms with Crippen LogP contribution in [0.15, 0.2) is 40.8 Å². The van der Waals surface area contributed by atoms with Crippen molar-refractivity contribution in [1.29, 1.82) is 0 Å². The van der Waals surface area contributed by atoms with Crippen LogP contribution in [0, 0.1) is 19.3 Å². The molecule has 0 aliphatic rings. The molecular formula is C16H21NO2S. The van der Waals surface area contributed by atoms with Crippen molar-refractivity contribution < 1.29 is 8.42 Å². The highest BCUT2D eigenvalue weighted by Crippen LogP contribution is 2.16. The summed E-state index contributed by atoms with van der Waals surface area (Å²) in [5.74, 6) is 2.42. The lowest BCUT2D eigenvalue weighted by Gasteiger charge is -2.19. The zero-order valence-electron chi connectivity index (χ0n) is 12.3. The van der Waals surface area contributed by atoms with Gasteiger partial charge in [0, 0.05) is 6.54 Å². The molecule has 0 fully saturated rings. The SMILES string of the molecule is C#CCN(CCC=C(C)C)S(=O)(=O)c1ccc(C)cc1. The summed E-state index contributed by atoms with van der Waals surface area (Å²) in [6.07, 6.45) is 7.96. The second-order valence-corrected chi connectivity index (χ2v) is 6.86. The van der Waals surface area contributed by atoms with E-state index in [-0.39, 0.29) is 11.4 Å². The molecule has 0 aliphatic carbocycles. The van der Waals surface area contributed by atoms with E-state index in [2.05, 4.69) is 5.92 Å². The van der Waals surface area contributed by atoms with Gasteiger partial charge < -0.3 is 0 Å². The van der Waals surface area contributed by atoms with Gasteiger partial charge >= 0.3 is 0 Å². The minimum absolute atomic E-state index is 0.0901. The molecule has 0 amide bonds. The monoisotopic (exact) mass is 291 g/mol. The predicted octanol–water partition coefficient (Wildman–Crippen LogP) is 2.98. The Hall–Kier alpha value is -1.57. The van der Waals surface area contributed by atoms with Gasteiger partial charge in [0.1, 0.15) is 0 Å². The molecule has 0 spiro atoms. The first-order valence-electron chi connectivity index (χ1n) is 6.51. The number of nitrogens with zero attached hydrogens (tertiary/aromatic N) is 1. The van der Waals surface area contributed by atoms with Crippen LogP contribution in [0.25, 0.3) is 0 Å². The van der Waals surface area contributed by atoms with Crippen molar-refractivity contribution in [3.8, 4) is 12.3 Å². The van der Waals surface area contributed by atoms with E-state index in [0.717, 1.165) is 5.56 Å². The normalized spacial score (nSPS) is 11.2. The van der Waals surface area contributed by atoms with Crippen LogP contribution in [0.2, 0.25) is 0 Å². The quantitative estimate of drug-likeness (QED) is 0.597. The van der Waals surface area contributed by atoms with Gasteiger partial charge in [0.25, 0.3) is 0 Å². The fraction of sp³-hybridized carbons (Fsp3) is 0.375. The summed E-state index contributed by atoms with van der Waals surface area (Å²) >= 11 is 0. The fourth-order valence-corrected chi connectivity index (χ4v) is 3.11. The first kappa shape index (κ1) is 16.5. The average molecular weight is 291 g/mol. The highest BCUT2D eigenvalue weighted by atomic mass is 32.2. The zero-order chi connectivity index (χ0) is 15.2. The van der Waals surface area contributed by atoms with Crippen molar-refractivity contribution >= 4 is 10.0 Å². The molecule has 0 N–H and O–H groups in total. The Kier molecular flexibility index (Phi) is 6.00. The molecular weight excluding hydrogens is 270 g/mol. The minimum atomic E-state index is -3.52. The van der Waals surface area contributed by atoms with Gasteiger partial charge in [-0.1, -0.05) is 35.3 Å². The van der Waals surface area contributed by atoms with Crippen LogP contribution in [0.1, 0.15) is 25.8 Å². The molecule has 0 atom stereocenters. The van der Waals surface area contributed by atoms with Crippen LogP contribution in [0.5, 0.6) is 0 Å². The molecule has 0 heterocycles. The summed E-state index contributed by atoms with van der Waals surface area (Å²) in [7, 11) is -3.52. The van der Waals surface area contributed by atoms with Crippen LogP contribution in [-0.4, -0.2) is 25.8 Å². The Labute approximate surface area is 122 Å². The van der Waals surface area contributed by atoms with Gasteiger partial charge in [0.05, 0.1) is 11.4 Å². The lowest BCUT2D eigenvalue weighted by molar-refractivity contribution is 0.452. The Bertz CT molecular complexity index is 603. The molecule has 0 radical (unpaired) electrons. The van der Waals surface area contributed by atoms with Crippen LogP contribution in [-0.2, 0) is 10.0 Å². The number of aryl methyl sites for hydroxylation is 1. The maximum absolute atomic E-state index is 12.5. The van der Waals surface area contributed by atoms with E-state index in [1.165, 1.54) is 9.88 Å². The van der Waals surface area contributed by atoms with Gasteiger partial charge in [-0.25, -0.2) is 8.42 Å². The number of rotatable bonds is 6. The smallest absolute Gasteiger partial charge is 0.207 e. The maximum Gasteiger partial charge on any atom is 0.243 e. The van der Waals surface area contributed by atoms with Gasteiger partial charge in [-0.3, -0.25) is 0 Å². The van der Waals surface area contributed by atoms with E-state index >= 15 is 0 Å². The van der Waals surface area contributed by atoms with E-state index in [1.54, 1.807) is 24.3 Å². The van der Waals surface area contributed by atoms with Gasteiger partial charge in [0.2, 0.25) is 10.0 Å². The Morgan fingerprint density at radius 3 is 2.40 bits per heavy atom. The summed E-state index contributed by atoms with van der Waals surface area (Å²) in [5.41, 5.74) is 2.19. The van der Waals surface area contributed by atoms with Gasteiger partial charge in [-0.05, 0) is 39.3 Å². The highest BCUT2D eigenvalue weighted by molar-refractivity contribution is 7.89. The van der Waals surface area contributed by atoms with Crippen LogP contribution < -0.4 is 0 Å². The molecule has 0 unspecified atom stereocenters. The molecule has 20 heavy (non-hydrogen) atoms. The average Bonchev–Trinajstić information content (AvgIpc) is 2.38. The van der Waals surface area contributed by atoms with Crippen molar-refractivity contribution in [2.24, 2.45) is 0 Å². The van der Waals surface area contributed by atoms with Gasteiger partial charge in [-0.15, -0.1) is 6.42 Å². The molecule has 0 aromatic heterocycles. The number of hydrogen-bond donors (Lipinski definition) is 0. The minimum Gasteiger partial charge on any atom is -0.207 e. The molecule has 0 saturated heterocycles. The number of allylic oxidation sites excluding steroid dienone is 1. The van der Waals surface area contributed by atoms with E-state index in [1.807, 2.05) is 26.8 Å². The van der Waals surface area contributed by atoms with Gasteiger partial charge in [0.15, 0.2) is 0 Å². The number of terminal acetylenes is 1. The van der Waals surface area contributed by atoms with E-state index in [4.69, 9.17) is 6.42 Å². The highest BCUT2D eigenvalue weighted by Gasteiger charge is 2.22. The van der Waals surface area contributed by atoms with Crippen molar-refractivity contribution in [3.05, 3.63) is 41.5 Å². The third-order valence-electron chi connectivity index (χ3n) is 2.86. The standard InChI is InChI=1S/C16H21NO2S/c1-5-12-17(13-6-7-14(2)3)20(18,19)16-10-8-15(4)9-11-16/h1,7-11H,6,12-13H2,2-4H3. The van der Waals surface area contributed by atoms with Crippen LogP contribution in [0.3, 0.4) is 0 Å². The molecule has 3 nitrogen and oxygen atoms in total. The van der Waals surface area contributed by atoms with Crippen molar-refractivity contribution in [2.45, 2.75) is 32.1 Å². The molecule has 0 aliphatic heterocycles. The summed E-state index contributed by atoms with van der Waals surface area (Å²) in [6.45, 7) is 6.38. The predicted molar refractivity (Wildman–Crippen MR) is 82.8 cm³/mol. The molecule has 1 rings (SSSR count). The summed E-state index contributed by atoms with van der Waals surface area (Å²) < 4.78 is 26.4. The van der Waals surface area contributed by atoms with Crippen LogP contribution in [0.4, 0.5) is 0 Å². The first-order chi connectivity index (χ1) is 9.37. The summed E-state index contributed by atoms with van der Waals surface area (Å²) in [5, 5.41) is 0. The lowest BCUT2D eigenvalue weighted by atomic mass is 10.2. The second kappa shape index (κ2) is 7.28. The topological polar surface area (TPSA) is 37.4 Å².